The molecule has 2 aromatic heterocycles. The summed E-state index contributed by atoms with van der Waals surface area (Å²) >= 11 is 0. The Morgan fingerprint density at radius 1 is 1.09 bits per heavy atom. The molecule has 0 radical (unpaired) electrons. The molecule has 0 bridgehead atoms. The van der Waals surface area contributed by atoms with Crippen molar-refractivity contribution in [2.75, 3.05) is 13.6 Å². The van der Waals surface area contributed by atoms with Gasteiger partial charge in [0.15, 0.2) is 0 Å². The van der Waals surface area contributed by atoms with E-state index in [1.807, 2.05) is 37.0 Å². The first-order chi connectivity index (χ1) is 15.4. The molecule has 0 fully saturated rings. The number of aliphatic hydroxyl groups is 1. The average Bonchev–Trinajstić information content (AvgIpc) is 3.29. The third kappa shape index (κ3) is 4.87. The van der Waals surface area contributed by atoms with Crippen molar-refractivity contribution in [3.05, 3.63) is 83.6 Å². The number of hydrogen-bond acceptors (Lipinski definition) is 4. The molecule has 4 aromatic rings. The summed E-state index contributed by atoms with van der Waals surface area (Å²) in [5, 5.41) is 12.0. The van der Waals surface area contributed by atoms with E-state index >= 15 is 0 Å². The molecule has 0 saturated carbocycles. The molecule has 0 aliphatic rings. The summed E-state index contributed by atoms with van der Waals surface area (Å²) in [6.07, 6.45) is 3.23. The van der Waals surface area contributed by atoms with Gasteiger partial charge in [-0.05, 0) is 50.2 Å². The first-order valence-corrected chi connectivity index (χ1v) is 11.0. The Morgan fingerprint density at radius 2 is 1.84 bits per heavy atom. The minimum Gasteiger partial charge on any atom is -0.486 e. The summed E-state index contributed by atoms with van der Waals surface area (Å²) in [6, 6.07) is 16.5. The molecule has 0 saturated heterocycles. The first kappa shape index (κ1) is 22.1. The van der Waals surface area contributed by atoms with E-state index in [0.29, 0.717) is 19.7 Å². The summed E-state index contributed by atoms with van der Waals surface area (Å²) in [5.41, 5.74) is 4.87. The fraction of sp³-hybridized carbons (Fsp3) is 0.346. The number of fused-ring (bicyclic) bond motifs is 1. The highest BCUT2D eigenvalue weighted by Crippen LogP contribution is 2.25. The molecule has 1 atom stereocenters. The van der Waals surface area contributed by atoms with Crippen LogP contribution in [0.25, 0.3) is 10.9 Å². The molecule has 2 heterocycles. The maximum absolute atomic E-state index is 10.8. The Morgan fingerprint density at radius 3 is 2.56 bits per heavy atom. The zero-order valence-electron chi connectivity index (χ0n) is 19.3. The minimum absolute atomic E-state index is 0.446. The predicted octanol–water partition coefficient (Wildman–Crippen LogP) is 4.06. The van der Waals surface area contributed by atoms with Gasteiger partial charge in [-0.15, -0.1) is 0 Å². The Labute approximate surface area is 189 Å². The van der Waals surface area contributed by atoms with Crippen molar-refractivity contribution in [3.63, 3.8) is 0 Å². The Hall–Kier alpha value is -3.09. The van der Waals surface area contributed by atoms with Crippen LogP contribution in [0.15, 0.2) is 60.9 Å². The summed E-state index contributed by atoms with van der Waals surface area (Å²) in [4.78, 5) is 6.43. The zero-order chi connectivity index (χ0) is 22.7. The maximum atomic E-state index is 10.8. The number of benzene rings is 2. The summed E-state index contributed by atoms with van der Waals surface area (Å²) in [6.45, 7) is 6.68. The monoisotopic (exact) mass is 432 g/mol. The lowest BCUT2D eigenvalue weighted by Gasteiger charge is -2.22. The van der Waals surface area contributed by atoms with Crippen molar-refractivity contribution >= 4 is 10.9 Å². The molecular formula is C26H32N4O2. The molecule has 1 unspecified atom stereocenters. The van der Waals surface area contributed by atoms with Gasteiger partial charge in [-0.3, -0.25) is 4.90 Å². The number of aryl methyl sites for hydroxylation is 2. The topological polar surface area (TPSA) is 55.4 Å². The summed E-state index contributed by atoms with van der Waals surface area (Å²) in [7, 11) is 4.00. The molecule has 0 amide bonds. The number of para-hydroxylation sites is 1. The standard InChI is InChI=1S/C26H32N4O2/c1-19-20(2)30(25-8-6-5-7-24(19)25)17-22(31)16-28(3)15-21-9-11-23(12-10-21)32-18-26-27-13-14-29(26)4/h5-14,22,31H,15-18H2,1-4H3. The number of imidazole rings is 1. The van der Waals surface area contributed by atoms with Crippen molar-refractivity contribution < 1.29 is 9.84 Å². The lowest BCUT2D eigenvalue weighted by Crippen LogP contribution is -2.32. The van der Waals surface area contributed by atoms with Crippen molar-refractivity contribution in [1.82, 2.24) is 19.0 Å². The van der Waals surface area contributed by atoms with Crippen molar-refractivity contribution in [3.8, 4) is 5.75 Å². The molecule has 32 heavy (non-hydrogen) atoms. The van der Waals surface area contributed by atoms with Crippen LogP contribution in [0, 0.1) is 13.8 Å². The normalized spacial score (nSPS) is 12.6. The third-order valence-corrected chi connectivity index (χ3v) is 6.13. The van der Waals surface area contributed by atoms with Gasteiger partial charge in [-0.1, -0.05) is 30.3 Å². The quantitative estimate of drug-likeness (QED) is 0.433. The van der Waals surface area contributed by atoms with Gasteiger partial charge >= 0.3 is 0 Å². The minimum atomic E-state index is -0.450. The molecule has 4 rings (SSSR count). The Kier molecular flexibility index (Phi) is 6.63. The summed E-state index contributed by atoms with van der Waals surface area (Å²) in [5.74, 6) is 1.72. The van der Waals surface area contributed by atoms with Gasteiger partial charge in [0, 0.05) is 49.1 Å². The van der Waals surface area contributed by atoms with E-state index in [1.54, 1.807) is 6.20 Å². The maximum Gasteiger partial charge on any atom is 0.146 e. The average molecular weight is 433 g/mol. The van der Waals surface area contributed by atoms with E-state index in [9.17, 15) is 5.11 Å². The van der Waals surface area contributed by atoms with Crippen LogP contribution in [-0.4, -0.2) is 43.8 Å². The number of aliphatic hydroxyl groups excluding tert-OH is 1. The smallest absolute Gasteiger partial charge is 0.146 e. The number of nitrogens with zero attached hydrogens (tertiary/aromatic N) is 4. The van der Waals surface area contributed by atoms with Gasteiger partial charge in [0.1, 0.15) is 18.2 Å². The van der Waals surface area contributed by atoms with Crippen LogP contribution in [0.1, 0.15) is 22.6 Å². The second-order valence-corrected chi connectivity index (χ2v) is 8.58. The van der Waals surface area contributed by atoms with Crippen LogP contribution in [0.2, 0.25) is 0 Å². The van der Waals surface area contributed by atoms with Crippen LogP contribution in [-0.2, 0) is 26.7 Å². The molecular weight excluding hydrogens is 400 g/mol. The van der Waals surface area contributed by atoms with Gasteiger partial charge in [-0.25, -0.2) is 4.98 Å². The zero-order valence-corrected chi connectivity index (χ0v) is 19.3. The number of aromatic nitrogens is 3. The SMILES string of the molecule is Cc1c(C)n(CC(O)CN(C)Cc2ccc(OCc3nccn3C)cc2)c2ccccc12. The summed E-state index contributed by atoms with van der Waals surface area (Å²) < 4.78 is 10.0. The fourth-order valence-corrected chi connectivity index (χ4v) is 4.22. The highest BCUT2D eigenvalue weighted by atomic mass is 16.5. The molecule has 2 aromatic carbocycles. The molecule has 6 nitrogen and oxygen atoms in total. The largest absolute Gasteiger partial charge is 0.486 e. The molecule has 1 N–H and O–H groups in total. The number of ether oxygens (including phenoxy) is 1. The molecule has 0 aliphatic carbocycles. The van der Waals surface area contributed by atoms with Gasteiger partial charge in [0.05, 0.1) is 12.6 Å². The second kappa shape index (κ2) is 9.59. The Balaban J connectivity index is 1.31. The number of rotatable bonds is 9. The van der Waals surface area contributed by atoms with Crippen LogP contribution < -0.4 is 4.74 Å². The third-order valence-electron chi connectivity index (χ3n) is 6.13. The lowest BCUT2D eigenvalue weighted by molar-refractivity contribution is 0.108. The number of hydrogen-bond donors (Lipinski definition) is 1. The number of likely N-dealkylation sites (N-methyl/N-ethyl adjacent to an activating group) is 1. The second-order valence-electron chi connectivity index (χ2n) is 8.58. The first-order valence-electron chi connectivity index (χ1n) is 11.0. The molecule has 0 spiro atoms. The van der Waals surface area contributed by atoms with Crippen LogP contribution in [0.3, 0.4) is 0 Å². The Bertz CT molecular complexity index is 1180. The molecule has 6 heteroatoms. The van der Waals surface area contributed by atoms with Crippen molar-refractivity contribution in [2.45, 2.75) is 39.6 Å². The highest BCUT2D eigenvalue weighted by Gasteiger charge is 2.15. The van der Waals surface area contributed by atoms with Crippen LogP contribution in [0.5, 0.6) is 5.75 Å². The van der Waals surface area contributed by atoms with E-state index < -0.39 is 6.10 Å². The van der Waals surface area contributed by atoms with Gasteiger partial charge in [0.25, 0.3) is 0 Å². The van der Waals surface area contributed by atoms with E-state index in [-0.39, 0.29) is 0 Å². The molecule has 168 valence electrons. The predicted molar refractivity (Wildman–Crippen MR) is 128 cm³/mol. The van der Waals surface area contributed by atoms with E-state index in [0.717, 1.165) is 18.1 Å². The van der Waals surface area contributed by atoms with Gasteiger partial charge < -0.3 is 19.0 Å². The molecule has 0 aliphatic heterocycles. The lowest BCUT2D eigenvalue weighted by atomic mass is 10.2. The van der Waals surface area contributed by atoms with E-state index in [1.165, 1.54) is 27.7 Å². The van der Waals surface area contributed by atoms with Crippen molar-refractivity contribution in [2.24, 2.45) is 7.05 Å². The van der Waals surface area contributed by atoms with E-state index in [2.05, 4.69) is 64.7 Å². The van der Waals surface area contributed by atoms with Gasteiger partial charge in [0.2, 0.25) is 0 Å². The van der Waals surface area contributed by atoms with Gasteiger partial charge in [-0.2, -0.15) is 0 Å². The van der Waals surface area contributed by atoms with Crippen molar-refractivity contribution in [1.29, 1.82) is 0 Å². The van der Waals surface area contributed by atoms with E-state index in [4.69, 9.17) is 4.74 Å². The van der Waals surface area contributed by atoms with Crippen LogP contribution >= 0.6 is 0 Å². The highest BCUT2D eigenvalue weighted by molar-refractivity contribution is 5.85. The fourth-order valence-electron chi connectivity index (χ4n) is 4.22. The van der Waals surface area contributed by atoms with Crippen LogP contribution in [0.4, 0.5) is 0 Å².